The average Bonchev–Trinajstić information content (AvgIpc) is 2.35. The number of hydrogen-bond acceptors (Lipinski definition) is 3. The Morgan fingerprint density at radius 2 is 1.83 bits per heavy atom. The maximum absolute atomic E-state index is 13.0. The van der Waals surface area contributed by atoms with Gasteiger partial charge in [-0.2, -0.15) is 13.2 Å². The number of nitrogens with two attached hydrogens (primary N) is 1. The zero-order chi connectivity index (χ0) is 17.1. The molecule has 0 aliphatic rings. The van der Waals surface area contributed by atoms with Crippen molar-refractivity contribution in [2.75, 3.05) is 6.54 Å². The second-order valence-electron chi connectivity index (χ2n) is 5.32. The van der Waals surface area contributed by atoms with Crippen LogP contribution in [-0.4, -0.2) is 21.0 Å². The van der Waals surface area contributed by atoms with Crippen LogP contribution in [0.25, 0.3) is 0 Å². The molecule has 1 atom stereocenters. The number of rotatable bonds is 6. The van der Waals surface area contributed by atoms with Crippen molar-refractivity contribution < 1.29 is 26.0 Å². The highest BCUT2D eigenvalue weighted by Crippen LogP contribution is 2.34. The molecule has 0 fully saturated rings. The van der Waals surface area contributed by atoms with E-state index in [2.05, 4.69) is 4.72 Å². The van der Waals surface area contributed by atoms with E-state index in [1.165, 1.54) is 0 Å². The average molecular weight is 379 g/mol. The Labute approximate surface area is 138 Å². The van der Waals surface area contributed by atoms with Crippen molar-refractivity contribution in [3.63, 3.8) is 0 Å². The Morgan fingerprint density at radius 3 is 2.26 bits per heavy atom. The number of halogens is 5. The molecule has 0 saturated carbocycles. The lowest BCUT2D eigenvalue weighted by atomic mass is 10.1. The molecule has 23 heavy (non-hydrogen) atoms. The van der Waals surface area contributed by atoms with E-state index in [0.717, 1.165) is 0 Å². The molecule has 1 aromatic rings. The second-order valence-corrected chi connectivity index (χ2v) is 7.00. The third-order valence-corrected chi connectivity index (χ3v) is 4.48. The van der Waals surface area contributed by atoms with Crippen LogP contribution in [0.15, 0.2) is 23.1 Å². The van der Waals surface area contributed by atoms with E-state index in [0.29, 0.717) is 18.6 Å². The Bertz CT molecular complexity index is 621. The van der Waals surface area contributed by atoms with E-state index >= 15 is 0 Å². The summed E-state index contributed by atoms with van der Waals surface area (Å²) in [5.74, 6) is -1.06. The first kappa shape index (κ1) is 22.1. The van der Waals surface area contributed by atoms with Crippen molar-refractivity contribution >= 4 is 22.4 Å². The van der Waals surface area contributed by atoms with Gasteiger partial charge in [0.1, 0.15) is 5.82 Å². The van der Waals surface area contributed by atoms with Crippen molar-refractivity contribution in [2.24, 2.45) is 11.7 Å². The van der Waals surface area contributed by atoms with Crippen LogP contribution in [-0.2, 0) is 16.2 Å². The molecule has 4 nitrogen and oxygen atoms in total. The number of hydrogen-bond donors (Lipinski definition) is 2. The first-order valence-corrected chi connectivity index (χ1v) is 8.05. The first-order chi connectivity index (χ1) is 9.97. The molecule has 0 aliphatic heterocycles. The van der Waals surface area contributed by atoms with Gasteiger partial charge in [0.15, 0.2) is 0 Å². The smallest absolute Gasteiger partial charge is 0.329 e. The topological polar surface area (TPSA) is 72.2 Å². The van der Waals surface area contributed by atoms with Crippen molar-refractivity contribution in [2.45, 2.75) is 37.4 Å². The van der Waals surface area contributed by atoms with Gasteiger partial charge in [-0.1, -0.05) is 13.8 Å². The van der Waals surface area contributed by atoms with E-state index < -0.39 is 38.5 Å². The molecule has 0 radical (unpaired) electrons. The summed E-state index contributed by atoms with van der Waals surface area (Å²) in [5.41, 5.74) is 3.90. The SMILES string of the molecule is CC(C)CC(CN)NS(=O)(=O)c1ccc(F)cc1C(F)(F)F.Cl. The predicted molar refractivity (Wildman–Crippen MR) is 81.3 cm³/mol. The van der Waals surface area contributed by atoms with Crippen molar-refractivity contribution in [3.8, 4) is 0 Å². The molecule has 10 heteroatoms. The summed E-state index contributed by atoms with van der Waals surface area (Å²) in [6, 6.07) is 0.734. The van der Waals surface area contributed by atoms with E-state index in [4.69, 9.17) is 5.73 Å². The summed E-state index contributed by atoms with van der Waals surface area (Å²) in [6.07, 6.45) is -4.61. The van der Waals surface area contributed by atoms with Gasteiger partial charge < -0.3 is 5.73 Å². The lowest BCUT2D eigenvalue weighted by Crippen LogP contribution is -2.41. The Morgan fingerprint density at radius 1 is 1.26 bits per heavy atom. The van der Waals surface area contributed by atoms with E-state index in [9.17, 15) is 26.0 Å². The zero-order valence-electron chi connectivity index (χ0n) is 12.5. The Hall–Kier alpha value is -0.900. The van der Waals surface area contributed by atoms with Gasteiger partial charge in [0.25, 0.3) is 0 Å². The fraction of sp³-hybridized carbons (Fsp3) is 0.538. The van der Waals surface area contributed by atoms with Crippen LogP contribution >= 0.6 is 12.4 Å². The molecule has 3 N–H and O–H groups in total. The first-order valence-electron chi connectivity index (χ1n) is 6.56. The van der Waals surface area contributed by atoms with Crippen LogP contribution in [0.2, 0.25) is 0 Å². The monoisotopic (exact) mass is 378 g/mol. The summed E-state index contributed by atoms with van der Waals surface area (Å²) in [7, 11) is -4.46. The van der Waals surface area contributed by atoms with Crippen molar-refractivity contribution in [3.05, 3.63) is 29.6 Å². The molecule has 134 valence electrons. The fourth-order valence-corrected chi connectivity index (χ4v) is 3.47. The molecule has 1 unspecified atom stereocenters. The number of nitrogens with one attached hydrogen (secondary N) is 1. The van der Waals surface area contributed by atoms with E-state index in [-0.39, 0.29) is 30.9 Å². The number of benzene rings is 1. The largest absolute Gasteiger partial charge is 0.417 e. The fourth-order valence-electron chi connectivity index (χ4n) is 2.00. The quantitative estimate of drug-likeness (QED) is 0.747. The van der Waals surface area contributed by atoms with Crippen molar-refractivity contribution in [1.82, 2.24) is 4.72 Å². The molecule has 0 aromatic heterocycles. The van der Waals surface area contributed by atoms with Gasteiger partial charge in [0, 0.05) is 12.6 Å². The molecule has 0 heterocycles. The van der Waals surface area contributed by atoms with Gasteiger partial charge in [-0.3, -0.25) is 0 Å². The molecule has 1 rings (SSSR count). The third kappa shape index (κ3) is 6.25. The van der Waals surface area contributed by atoms with Crippen LogP contribution in [0.5, 0.6) is 0 Å². The second kappa shape index (κ2) is 8.27. The third-order valence-electron chi connectivity index (χ3n) is 2.90. The Kier molecular flexibility index (Phi) is 7.95. The highest BCUT2D eigenvalue weighted by molar-refractivity contribution is 7.89. The summed E-state index contributed by atoms with van der Waals surface area (Å²) < 4.78 is 78.2. The lowest BCUT2D eigenvalue weighted by Gasteiger charge is -2.20. The summed E-state index contributed by atoms with van der Waals surface area (Å²) in [6.45, 7) is 3.60. The summed E-state index contributed by atoms with van der Waals surface area (Å²) in [4.78, 5) is -1.01. The molecule has 0 spiro atoms. The van der Waals surface area contributed by atoms with Crippen LogP contribution < -0.4 is 10.5 Å². The van der Waals surface area contributed by atoms with Crippen LogP contribution in [0.4, 0.5) is 17.6 Å². The van der Waals surface area contributed by atoms with Gasteiger partial charge in [-0.25, -0.2) is 17.5 Å². The van der Waals surface area contributed by atoms with Gasteiger partial charge in [0.05, 0.1) is 10.5 Å². The van der Waals surface area contributed by atoms with Crippen LogP contribution in [0, 0.1) is 11.7 Å². The standard InChI is InChI=1S/C13H18F4N2O2S.ClH/c1-8(2)5-10(7-18)19-22(20,21)12-4-3-9(14)6-11(12)13(15,16)17;/h3-4,6,8,10,19H,5,7,18H2,1-2H3;1H. The molecule has 0 aliphatic carbocycles. The minimum Gasteiger partial charge on any atom is -0.329 e. The number of alkyl halides is 3. The summed E-state index contributed by atoms with van der Waals surface area (Å²) in [5, 5.41) is 0. The Balaban J connectivity index is 0.00000484. The molecule has 0 bridgehead atoms. The van der Waals surface area contributed by atoms with Gasteiger partial charge in [-0.15, -0.1) is 12.4 Å². The van der Waals surface area contributed by atoms with E-state index in [1.807, 2.05) is 13.8 Å². The van der Waals surface area contributed by atoms with Gasteiger partial charge >= 0.3 is 6.18 Å². The predicted octanol–water partition coefficient (Wildman–Crippen LogP) is 2.92. The van der Waals surface area contributed by atoms with Crippen molar-refractivity contribution in [1.29, 1.82) is 0 Å². The molecular weight excluding hydrogens is 360 g/mol. The molecule has 0 amide bonds. The van der Waals surface area contributed by atoms with E-state index in [1.54, 1.807) is 0 Å². The molecule has 1 aromatic carbocycles. The minimum absolute atomic E-state index is 0. The highest BCUT2D eigenvalue weighted by atomic mass is 35.5. The lowest BCUT2D eigenvalue weighted by molar-refractivity contribution is -0.140. The zero-order valence-corrected chi connectivity index (χ0v) is 14.2. The molecule has 0 saturated heterocycles. The van der Waals surface area contributed by atoms with Gasteiger partial charge in [-0.05, 0) is 30.5 Å². The maximum Gasteiger partial charge on any atom is 0.417 e. The summed E-state index contributed by atoms with van der Waals surface area (Å²) >= 11 is 0. The highest BCUT2D eigenvalue weighted by Gasteiger charge is 2.38. The van der Waals surface area contributed by atoms with Crippen LogP contribution in [0.1, 0.15) is 25.8 Å². The molecular formula is C13H19ClF4N2O2S. The van der Waals surface area contributed by atoms with Gasteiger partial charge in [0.2, 0.25) is 10.0 Å². The minimum atomic E-state index is -4.98. The number of sulfonamides is 1. The normalized spacial score (nSPS) is 13.7. The maximum atomic E-state index is 13.0. The van der Waals surface area contributed by atoms with Crippen LogP contribution in [0.3, 0.4) is 0 Å².